The molecule has 0 unspecified atom stereocenters. The number of nitrogens with zero attached hydrogens (tertiary/aromatic N) is 1. The molecule has 4 rings (SSSR count). The van der Waals surface area contributed by atoms with E-state index in [-0.39, 0.29) is 17.4 Å². The number of rotatable bonds is 10. The summed E-state index contributed by atoms with van der Waals surface area (Å²) in [5.41, 5.74) is 1.57. The van der Waals surface area contributed by atoms with Crippen LogP contribution in [-0.2, 0) is 9.59 Å². The van der Waals surface area contributed by atoms with Crippen LogP contribution in [0, 0.1) is 6.92 Å². The second kappa shape index (κ2) is 13.1. The number of amides is 3. The lowest BCUT2D eigenvalue weighted by atomic mass is 10.1. The molecule has 0 aliphatic carbocycles. The summed E-state index contributed by atoms with van der Waals surface area (Å²) in [7, 11) is 1.53. The number of nitrogens with one attached hydrogen (secondary N) is 3. The van der Waals surface area contributed by atoms with Crippen LogP contribution in [0.3, 0.4) is 0 Å². The monoisotopic (exact) mass is 542 g/mol. The van der Waals surface area contributed by atoms with Gasteiger partial charge in [0, 0.05) is 27.8 Å². The molecule has 0 saturated carbocycles. The van der Waals surface area contributed by atoms with E-state index in [1.807, 2.05) is 18.2 Å². The van der Waals surface area contributed by atoms with Gasteiger partial charge in [0.2, 0.25) is 5.91 Å². The van der Waals surface area contributed by atoms with Crippen molar-refractivity contribution in [3.05, 3.63) is 108 Å². The maximum Gasteiger partial charge on any atom is 0.272 e. The fourth-order valence-electron chi connectivity index (χ4n) is 3.50. The molecule has 0 bridgehead atoms. The van der Waals surface area contributed by atoms with Crippen molar-refractivity contribution in [3.8, 4) is 5.75 Å². The van der Waals surface area contributed by atoms with E-state index in [1.165, 1.54) is 18.9 Å². The molecule has 3 N–H and O–H groups in total. The van der Waals surface area contributed by atoms with E-state index in [1.54, 1.807) is 79.7 Å². The van der Waals surface area contributed by atoms with Gasteiger partial charge in [-0.2, -0.15) is 0 Å². The van der Waals surface area contributed by atoms with E-state index in [0.29, 0.717) is 34.1 Å². The Labute approximate surface area is 229 Å². The summed E-state index contributed by atoms with van der Waals surface area (Å²) in [5, 5.41) is 12.0. The molecule has 0 atom stereocenters. The van der Waals surface area contributed by atoms with Crippen molar-refractivity contribution < 1.29 is 23.6 Å². The van der Waals surface area contributed by atoms with Crippen molar-refractivity contribution in [1.29, 1.82) is 0 Å². The maximum atomic E-state index is 13.3. The van der Waals surface area contributed by atoms with E-state index < -0.39 is 11.8 Å². The number of aromatic nitrogens is 1. The van der Waals surface area contributed by atoms with Crippen LogP contribution < -0.4 is 20.7 Å². The van der Waals surface area contributed by atoms with E-state index >= 15 is 0 Å². The molecule has 1 aromatic heterocycles. The first-order valence-corrected chi connectivity index (χ1v) is 12.9. The van der Waals surface area contributed by atoms with Crippen molar-refractivity contribution in [2.24, 2.45) is 0 Å². The van der Waals surface area contributed by atoms with Crippen molar-refractivity contribution >= 4 is 47.1 Å². The van der Waals surface area contributed by atoms with Crippen LogP contribution in [0.2, 0.25) is 0 Å². The SMILES string of the molecule is COc1ccccc1/C=C(/NC(=O)c1ccccc1)C(=O)Nc1cccc(SCC(=O)Nc2cc(C)on2)c1. The van der Waals surface area contributed by atoms with Gasteiger partial charge in [-0.3, -0.25) is 14.4 Å². The Balaban J connectivity index is 1.48. The van der Waals surface area contributed by atoms with Gasteiger partial charge in [0.25, 0.3) is 11.8 Å². The van der Waals surface area contributed by atoms with Gasteiger partial charge in [0.05, 0.1) is 12.9 Å². The van der Waals surface area contributed by atoms with Crippen LogP contribution in [0.5, 0.6) is 5.75 Å². The van der Waals surface area contributed by atoms with Gasteiger partial charge in [0.15, 0.2) is 5.82 Å². The predicted molar refractivity (Wildman–Crippen MR) is 151 cm³/mol. The average Bonchev–Trinajstić information content (AvgIpc) is 3.36. The van der Waals surface area contributed by atoms with Gasteiger partial charge in [-0.05, 0) is 49.4 Å². The summed E-state index contributed by atoms with van der Waals surface area (Å²) in [4.78, 5) is 39.2. The van der Waals surface area contributed by atoms with Gasteiger partial charge in [-0.1, -0.05) is 47.6 Å². The van der Waals surface area contributed by atoms with Crippen molar-refractivity contribution in [2.45, 2.75) is 11.8 Å². The number of hydrogen-bond donors (Lipinski definition) is 3. The lowest BCUT2D eigenvalue weighted by Gasteiger charge is -2.13. The van der Waals surface area contributed by atoms with Gasteiger partial charge < -0.3 is 25.2 Å². The van der Waals surface area contributed by atoms with Gasteiger partial charge in [-0.25, -0.2) is 0 Å². The van der Waals surface area contributed by atoms with E-state index in [4.69, 9.17) is 9.26 Å². The second-order valence-electron chi connectivity index (χ2n) is 8.26. The summed E-state index contributed by atoms with van der Waals surface area (Å²) in [6, 6.07) is 24.5. The quantitative estimate of drug-likeness (QED) is 0.188. The third kappa shape index (κ3) is 7.83. The Bertz CT molecular complexity index is 1500. The van der Waals surface area contributed by atoms with Crippen LogP contribution in [-0.4, -0.2) is 35.7 Å². The number of anilines is 2. The largest absolute Gasteiger partial charge is 0.496 e. The molecule has 1 heterocycles. The Morgan fingerprint density at radius 2 is 1.72 bits per heavy atom. The number of benzene rings is 3. The summed E-state index contributed by atoms with van der Waals surface area (Å²) in [5.74, 6) is 0.445. The molecule has 0 aliphatic heterocycles. The maximum absolute atomic E-state index is 13.3. The smallest absolute Gasteiger partial charge is 0.272 e. The highest BCUT2D eigenvalue weighted by molar-refractivity contribution is 8.00. The minimum atomic E-state index is -0.522. The van der Waals surface area contributed by atoms with E-state index in [9.17, 15) is 14.4 Å². The Morgan fingerprint density at radius 3 is 2.46 bits per heavy atom. The summed E-state index contributed by atoms with van der Waals surface area (Å²) < 4.78 is 10.4. The minimum absolute atomic E-state index is 0.0358. The molecule has 3 amide bonds. The first kappa shape index (κ1) is 27.2. The third-order valence-corrected chi connectivity index (χ3v) is 6.32. The predicted octanol–water partition coefficient (Wildman–Crippen LogP) is 5.13. The number of thioether (sulfide) groups is 1. The molecule has 0 fully saturated rings. The number of methoxy groups -OCH3 is 1. The molecule has 9 nitrogen and oxygen atoms in total. The van der Waals surface area contributed by atoms with Gasteiger partial charge >= 0.3 is 0 Å². The molecule has 0 radical (unpaired) electrons. The van der Waals surface area contributed by atoms with Crippen LogP contribution in [0.25, 0.3) is 6.08 Å². The highest BCUT2D eigenvalue weighted by Crippen LogP contribution is 2.24. The molecule has 39 heavy (non-hydrogen) atoms. The molecule has 10 heteroatoms. The topological polar surface area (TPSA) is 123 Å². The third-order valence-electron chi connectivity index (χ3n) is 5.32. The molecular formula is C29H26N4O5S. The summed E-state index contributed by atoms with van der Waals surface area (Å²) in [6.45, 7) is 1.74. The van der Waals surface area contributed by atoms with E-state index in [2.05, 4.69) is 21.1 Å². The normalized spacial score (nSPS) is 11.0. The number of para-hydroxylation sites is 1. The van der Waals surface area contributed by atoms with E-state index in [0.717, 1.165) is 4.90 Å². The highest BCUT2D eigenvalue weighted by Gasteiger charge is 2.16. The zero-order valence-electron chi connectivity index (χ0n) is 21.3. The lowest BCUT2D eigenvalue weighted by molar-refractivity contribution is -0.114. The Kier molecular flexibility index (Phi) is 9.15. The van der Waals surface area contributed by atoms with Crippen LogP contribution in [0.4, 0.5) is 11.5 Å². The Morgan fingerprint density at radius 1 is 0.949 bits per heavy atom. The van der Waals surface area contributed by atoms with Crippen molar-refractivity contribution in [1.82, 2.24) is 10.5 Å². The van der Waals surface area contributed by atoms with Crippen molar-refractivity contribution in [2.75, 3.05) is 23.5 Å². The van der Waals surface area contributed by atoms with Crippen LogP contribution >= 0.6 is 11.8 Å². The van der Waals surface area contributed by atoms with Crippen LogP contribution in [0.15, 0.2) is 100 Å². The average molecular weight is 543 g/mol. The number of hydrogen-bond acceptors (Lipinski definition) is 7. The molecule has 4 aromatic rings. The standard InChI is InChI=1S/C29H26N4O5S/c1-19-15-26(33-38-19)32-27(34)18-39-23-13-8-12-22(17-23)30-29(36)24(16-21-11-6-7-14-25(21)37-2)31-28(35)20-9-4-3-5-10-20/h3-17H,18H2,1-2H3,(H,30,36)(H,31,35)(H,32,33,34)/b24-16+. The molecule has 0 aliphatic rings. The van der Waals surface area contributed by atoms with Crippen molar-refractivity contribution in [3.63, 3.8) is 0 Å². The zero-order chi connectivity index (χ0) is 27.6. The number of ether oxygens (including phenoxy) is 1. The zero-order valence-corrected chi connectivity index (χ0v) is 22.1. The Hall–Kier alpha value is -4.83. The fourth-order valence-corrected chi connectivity index (χ4v) is 4.25. The number of carbonyl (C=O) groups excluding carboxylic acids is 3. The molecule has 3 aromatic carbocycles. The molecular weight excluding hydrogens is 516 g/mol. The summed E-state index contributed by atoms with van der Waals surface area (Å²) >= 11 is 1.30. The summed E-state index contributed by atoms with van der Waals surface area (Å²) in [6.07, 6.45) is 1.56. The molecule has 0 spiro atoms. The minimum Gasteiger partial charge on any atom is -0.496 e. The molecule has 198 valence electrons. The number of carbonyl (C=O) groups is 3. The first-order valence-electron chi connectivity index (χ1n) is 11.9. The van der Waals surface area contributed by atoms with Gasteiger partial charge in [-0.15, -0.1) is 11.8 Å². The fraction of sp³-hybridized carbons (Fsp3) is 0.103. The highest BCUT2D eigenvalue weighted by atomic mass is 32.2. The van der Waals surface area contributed by atoms with Gasteiger partial charge in [0.1, 0.15) is 17.2 Å². The molecule has 0 saturated heterocycles. The lowest BCUT2D eigenvalue weighted by Crippen LogP contribution is -2.30. The van der Waals surface area contributed by atoms with Crippen LogP contribution in [0.1, 0.15) is 21.7 Å². The second-order valence-corrected chi connectivity index (χ2v) is 9.31. The number of aryl methyl sites for hydroxylation is 1. The first-order chi connectivity index (χ1) is 18.9.